The number of carbonyl (C=O) groups is 1. The number of hydrogen-bond acceptors (Lipinski definition) is 5. The highest BCUT2D eigenvalue weighted by Crippen LogP contribution is 2.27. The van der Waals surface area contributed by atoms with Crippen molar-refractivity contribution in [3.05, 3.63) is 82.9 Å². The summed E-state index contributed by atoms with van der Waals surface area (Å²) in [5.41, 5.74) is 4.16. The van der Waals surface area contributed by atoms with Crippen LogP contribution in [0.2, 0.25) is 0 Å². The first-order valence-electron chi connectivity index (χ1n) is 11.0. The number of halogens is 1. The van der Waals surface area contributed by atoms with Crippen molar-refractivity contribution in [2.24, 2.45) is 0 Å². The Labute approximate surface area is 187 Å². The average Bonchev–Trinajstić information content (AvgIpc) is 2.78. The number of aryl methyl sites for hydroxylation is 2. The van der Waals surface area contributed by atoms with E-state index >= 15 is 0 Å². The summed E-state index contributed by atoms with van der Waals surface area (Å²) in [6.07, 6.45) is 4.17. The third-order valence-corrected chi connectivity index (χ3v) is 5.89. The molecule has 3 aromatic rings. The van der Waals surface area contributed by atoms with Gasteiger partial charge in [0, 0.05) is 47.8 Å². The van der Waals surface area contributed by atoms with Crippen molar-refractivity contribution in [2.75, 3.05) is 18.4 Å². The summed E-state index contributed by atoms with van der Waals surface area (Å²) in [7, 11) is 0. The Bertz CT molecular complexity index is 1050. The fraction of sp³-hybridized carbons (Fsp3) is 0.360. The van der Waals surface area contributed by atoms with E-state index in [9.17, 15) is 9.18 Å². The van der Waals surface area contributed by atoms with Gasteiger partial charge >= 0.3 is 0 Å². The van der Waals surface area contributed by atoms with Crippen molar-refractivity contribution in [2.45, 2.75) is 45.6 Å². The molecule has 0 radical (unpaired) electrons. The number of likely N-dealkylation sites (tertiary alicyclic amines) is 1. The summed E-state index contributed by atoms with van der Waals surface area (Å²) in [5, 5.41) is 2.81. The van der Waals surface area contributed by atoms with Crippen LogP contribution in [0.3, 0.4) is 0 Å². The van der Waals surface area contributed by atoms with Crippen LogP contribution in [-0.4, -0.2) is 38.8 Å². The zero-order valence-electron chi connectivity index (χ0n) is 18.5. The molecule has 1 saturated heterocycles. The minimum absolute atomic E-state index is 0.168. The van der Waals surface area contributed by atoms with Crippen LogP contribution in [0.5, 0.6) is 0 Å². The number of carbonyl (C=O) groups excluding carboxylic acids is 1. The molecular weight excluding hydrogens is 405 g/mol. The van der Waals surface area contributed by atoms with Crippen LogP contribution in [0.15, 0.2) is 48.7 Å². The summed E-state index contributed by atoms with van der Waals surface area (Å²) < 4.78 is 13.1. The van der Waals surface area contributed by atoms with Gasteiger partial charge < -0.3 is 5.32 Å². The van der Waals surface area contributed by atoms with E-state index in [0.717, 1.165) is 60.9 Å². The van der Waals surface area contributed by atoms with Gasteiger partial charge in [-0.2, -0.15) is 0 Å². The lowest BCUT2D eigenvalue weighted by atomic mass is 9.96. The van der Waals surface area contributed by atoms with E-state index in [1.165, 1.54) is 12.1 Å². The van der Waals surface area contributed by atoms with Gasteiger partial charge in [0.2, 0.25) is 5.91 Å². The second-order valence-corrected chi connectivity index (χ2v) is 8.36. The normalized spacial score (nSPS) is 16.7. The lowest BCUT2D eigenvalue weighted by Crippen LogP contribution is -2.35. The predicted octanol–water partition coefficient (Wildman–Crippen LogP) is 4.19. The molecule has 1 aliphatic rings. The number of piperidine rings is 1. The van der Waals surface area contributed by atoms with Crippen LogP contribution >= 0.6 is 0 Å². The van der Waals surface area contributed by atoms with Gasteiger partial charge in [-0.15, -0.1) is 0 Å². The van der Waals surface area contributed by atoms with Crippen molar-refractivity contribution < 1.29 is 9.18 Å². The minimum Gasteiger partial charge on any atom is -0.326 e. The summed E-state index contributed by atoms with van der Waals surface area (Å²) in [5.74, 6) is 0.624. The molecule has 7 heteroatoms. The first kappa shape index (κ1) is 22.0. The maximum absolute atomic E-state index is 13.1. The van der Waals surface area contributed by atoms with Gasteiger partial charge in [0.05, 0.1) is 12.1 Å². The molecule has 1 fully saturated rings. The number of pyridine rings is 1. The number of anilines is 1. The van der Waals surface area contributed by atoms with Crippen LogP contribution in [0, 0.1) is 19.7 Å². The van der Waals surface area contributed by atoms with Crippen LogP contribution in [0.4, 0.5) is 10.1 Å². The summed E-state index contributed by atoms with van der Waals surface area (Å²) in [6, 6.07) is 11.8. The number of benzene rings is 1. The van der Waals surface area contributed by atoms with E-state index in [-0.39, 0.29) is 24.1 Å². The van der Waals surface area contributed by atoms with E-state index in [4.69, 9.17) is 9.97 Å². The van der Waals surface area contributed by atoms with E-state index in [1.807, 2.05) is 32.2 Å². The Hall–Kier alpha value is -3.19. The van der Waals surface area contributed by atoms with Gasteiger partial charge in [-0.05, 0) is 69.6 Å². The Balaban J connectivity index is 1.42. The zero-order valence-corrected chi connectivity index (χ0v) is 18.5. The molecule has 1 atom stereocenters. The third-order valence-electron chi connectivity index (χ3n) is 5.89. The van der Waals surface area contributed by atoms with Gasteiger partial charge in [-0.1, -0.05) is 6.07 Å². The maximum atomic E-state index is 13.1. The number of aromatic nitrogens is 3. The standard InChI is InChI=1S/C25H28FN5O/c1-17-23(14-24(32)30-21-10-8-20(26)9-11-21)18(2)29-25(28-17)19-6-5-13-31(15-19)16-22-7-3-4-12-27-22/h3-4,7-12,19H,5-6,13-16H2,1-2H3,(H,30,32)/t19-/m1/s1. The van der Waals surface area contributed by atoms with Gasteiger partial charge in [0.15, 0.2) is 0 Å². The Morgan fingerprint density at radius 3 is 2.56 bits per heavy atom. The highest BCUT2D eigenvalue weighted by atomic mass is 19.1. The first-order valence-corrected chi connectivity index (χ1v) is 11.0. The van der Waals surface area contributed by atoms with Crippen molar-refractivity contribution in [1.29, 1.82) is 0 Å². The number of rotatable bonds is 6. The molecule has 32 heavy (non-hydrogen) atoms. The van der Waals surface area contributed by atoms with Crippen LogP contribution < -0.4 is 5.32 Å². The molecule has 1 amide bonds. The molecule has 3 heterocycles. The fourth-order valence-electron chi connectivity index (χ4n) is 4.23. The SMILES string of the molecule is Cc1nc([C@@H]2CCCN(Cc3ccccn3)C2)nc(C)c1CC(=O)Nc1ccc(F)cc1. The number of amides is 1. The topological polar surface area (TPSA) is 71.0 Å². The average molecular weight is 434 g/mol. The Morgan fingerprint density at radius 2 is 1.88 bits per heavy atom. The molecule has 1 N–H and O–H groups in total. The molecule has 0 saturated carbocycles. The molecule has 1 aliphatic heterocycles. The molecule has 0 aliphatic carbocycles. The van der Waals surface area contributed by atoms with E-state index in [1.54, 1.807) is 12.1 Å². The van der Waals surface area contributed by atoms with Crippen molar-refractivity contribution in [1.82, 2.24) is 19.9 Å². The fourth-order valence-corrected chi connectivity index (χ4v) is 4.23. The summed E-state index contributed by atoms with van der Waals surface area (Å²) in [6.45, 7) is 6.66. The second-order valence-electron chi connectivity index (χ2n) is 8.36. The number of nitrogens with zero attached hydrogens (tertiary/aromatic N) is 4. The summed E-state index contributed by atoms with van der Waals surface area (Å²) in [4.78, 5) is 28.9. The van der Waals surface area contributed by atoms with Gasteiger partial charge in [0.1, 0.15) is 11.6 Å². The largest absolute Gasteiger partial charge is 0.326 e. The van der Waals surface area contributed by atoms with E-state index in [0.29, 0.717) is 5.69 Å². The van der Waals surface area contributed by atoms with Crippen LogP contribution in [0.1, 0.15) is 47.2 Å². The second kappa shape index (κ2) is 9.96. The molecule has 6 nitrogen and oxygen atoms in total. The smallest absolute Gasteiger partial charge is 0.228 e. The van der Waals surface area contributed by atoms with Crippen molar-refractivity contribution in [3.8, 4) is 0 Å². The molecule has 2 aromatic heterocycles. The molecular formula is C25H28FN5O. The minimum atomic E-state index is -0.333. The van der Waals surface area contributed by atoms with Crippen LogP contribution in [0.25, 0.3) is 0 Å². The Kier molecular flexibility index (Phi) is 6.85. The third kappa shape index (κ3) is 5.53. The molecule has 0 bridgehead atoms. The van der Waals surface area contributed by atoms with Gasteiger partial charge in [0.25, 0.3) is 0 Å². The lowest BCUT2D eigenvalue weighted by molar-refractivity contribution is -0.115. The molecule has 0 unspecified atom stereocenters. The monoisotopic (exact) mass is 433 g/mol. The quantitative estimate of drug-likeness (QED) is 0.631. The van der Waals surface area contributed by atoms with Gasteiger partial charge in [-0.25, -0.2) is 14.4 Å². The lowest BCUT2D eigenvalue weighted by Gasteiger charge is -2.32. The van der Waals surface area contributed by atoms with E-state index in [2.05, 4.69) is 21.3 Å². The summed E-state index contributed by atoms with van der Waals surface area (Å²) >= 11 is 0. The van der Waals surface area contributed by atoms with Crippen LogP contribution in [-0.2, 0) is 17.8 Å². The highest BCUT2D eigenvalue weighted by Gasteiger charge is 2.25. The Morgan fingerprint density at radius 1 is 1.12 bits per heavy atom. The number of hydrogen-bond donors (Lipinski definition) is 1. The number of nitrogens with one attached hydrogen (secondary N) is 1. The molecule has 4 rings (SSSR count). The molecule has 166 valence electrons. The maximum Gasteiger partial charge on any atom is 0.228 e. The van der Waals surface area contributed by atoms with Crippen molar-refractivity contribution >= 4 is 11.6 Å². The molecule has 0 spiro atoms. The molecule has 1 aromatic carbocycles. The predicted molar refractivity (Wildman–Crippen MR) is 122 cm³/mol. The zero-order chi connectivity index (χ0) is 22.5. The highest BCUT2D eigenvalue weighted by molar-refractivity contribution is 5.92. The first-order chi connectivity index (χ1) is 15.5. The van der Waals surface area contributed by atoms with E-state index < -0.39 is 0 Å². The van der Waals surface area contributed by atoms with Crippen molar-refractivity contribution in [3.63, 3.8) is 0 Å². The van der Waals surface area contributed by atoms with Gasteiger partial charge in [-0.3, -0.25) is 14.7 Å².